The third-order valence-electron chi connectivity index (χ3n) is 4.47. The fraction of sp³-hybridized carbons (Fsp3) is 0.250. The molecule has 2 heterocycles. The third-order valence-corrected chi connectivity index (χ3v) is 4.47. The Hall–Kier alpha value is -2.35. The summed E-state index contributed by atoms with van der Waals surface area (Å²) in [6, 6.07) is 14.8. The van der Waals surface area contributed by atoms with E-state index in [0.29, 0.717) is 5.92 Å². The van der Waals surface area contributed by atoms with Crippen molar-refractivity contribution < 1.29 is 4.79 Å². The summed E-state index contributed by atoms with van der Waals surface area (Å²) < 4.78 is 1.97. The largest absolute Gasteiger partial charge is 0.313 e. The highest BCUT2D eigenvalue weighted by Crippen LogP contribution is 2.29. The normalized spacial score (nSPS) is 12.5. The maximum absolute atomic E-state index is 11.6. The Labute approximate surface area is 131 Å². The van der Waals surface area contributed by atoms with Gasteiger partial charge in [0, 0.05) is 17.3 Å². The molecule has 0 aliphatic rings. The van der Waals surface area contributed by atoms with Gasteiger partial charge >= 0.3 is 0 Å². The molecule has 2 nitrogen and oxygen atoms in total. The highest BCUT2D eigenvalue weighted by molar-refractivity contribution is 5.89. The molecule has 0 aliphatic carbocycles. The van der Waals surface area contributed by atoms with Gasteiger partial charge in [-0.05, 0) is 48.1 Å². The van der Waals surface area contributed by atoms with Gasteiger partial charge < -0.3 is 4.40 Å². The lowest BCUT2D eigenvalue weighted by molar-refractivity contribution is 0.111. The van der Waals surface area contributed by atoms with Gasteiger partial charge in [-0.1, -0.05) is 44.2 Å². The first kappa shape index (κ1) is 14.6. The Kier molecular flexibility index (Phi) is 3.84. The van der Waals surface area contributed by atoms with Crippen molar-refractivity contribution in [3.05, 3.63) is 65.5 Å². The van der Waals surface area contributed by atoms with E-state index in [4.69, 9.17) is 0 Å². The van der Waals surface area contributed by atoms with E-state index >= 15 is 0 Å². The molecule has 0 bridgehead atoms. The number of hydrogen-bond donors (Lipinski definition) is 0. The Morgan fingerprint density at radius 2 is 1.86 bits per heavy atom. The van der Waals surface area contributed by atoms with Gasteiger partial charge in [0.15, 0.2) is 6.29 Å². The lowest BCUT2D eigenvalue weighted by Gasteiger charge is -2.09. The van der Waals surface area contributed by atoms with Crippen LogP contribution in [-0.2, 0) is 0 Å². The summed E-state index contributed by atoms with van der Waals surface area (Å²) in [4.78, 5) is 11.6. The van der Waals surface area contributed by atoms with Gasteiger partial charge in [-0.2, -0.15) is 0 Å². The standard InChI is InChI=1S/C20H21NO/c1-4-15(3)16-6-8-17(9-7-16)19-11-18-10-5-14(2)12-21(18)20(19)13-22/h5-13,15H,4H2,1-3H3. The van der Waals surface area contributed by atoms with Crippen LogP contribution >= 0.6 is 0 Å². The number of carbonyl (C=O) groups is 1. The molecule has 112 valence electrons. The summed E-state index contributed by atoms with van der Waals surface area (Å²) in [7, 11) is 0. The molecule has 0 saturated carbocycles. The maximum atomic E-state index is 11.6. The van der Waals surface area contributed by atoms with E-state index in [1.807, 2.05) is 17.5 Å². The summed E-state index contributed by atoms with van der Waals surface area (Å²) in [5.74, 6) is 0.565. The van der Waals surface area contributed by atoms with E-state index in [0.717, 1.165) is 40.6 Å². The minimum Gasteiger partial charge on any atom is -0.313 e. The van der Waals surface area contributed by atoms with E-state index in [-0.39, 0.29) is 0 Å². The quantitative estimate of drug-likeness (QED) is 0.602. The molecular weight excluding hydrogens is 270 g/mol. The fourth-order valence-corrected chi connectivity index (χ4v) is 2.87. The number of nitrogens with zero attached hydrogens (tertiary/aromatic N) is 1. The van der Waals surface area contributed by atoms with Crippen LogP contribution in [-0.4, -0.2) is 10.7 Å². The topological polar surface area (TPSA) is 21.5 Å². The van der Waals surface area contributed by atoms with E-state index in [2.05, 4.69) is 56.3 Å². The van der Waals surface area contributed by atoms with Gasteiger partial charge in [-0.25, -0.2) is 0 Å². The molecule has 3 rings (SSSR count). The highest BCUT2D eigenvalue weighted by Gasteiger charge is 2.12. The SMILES string of the molecule is CCC(C)c1ccc(-c2cc3ccc(C)cn3c2C=O)cc1. The predicted octanol–water partition coefficient (Wildman–Crippen LogP) is 5.24. The predicted molar refractivity (Wildman–Crippen MR) is 91.7 cm³/mol. The number of aryl methyl sites for hydroxylation is 1. The minimum absolute atomic E-state index is 0.565. The van der Waals surface area contributed by atoms with Crippen molar-refractivity contribution in [2.45, 2.75) is 33.1 Å². The van der Waals surface area contributed by atoms with Crippen molar-refractivity contribution in [1.82, 2.24) is 4.40 Å². The zero-order chi connectivity index (χ0) is 15.7. The molecular formula is C20H21NO. The molecule has 3 aromatic rings. The van der Waals surface area contributed by atoms with Gasteiger partial charge in [0.05, 0.1) is 5.69 Å². The van der Waals surface area contributed by atoms with Crippen LogP contribution in [0.25, 0.3) is 16.6 Å². The number of carbonyl (C=O) groups excluding carboxylic acids is 1. The van der Waals surface area contributed by atoms with E-state index in [9.17, 15) is 4.79 Å². The third kappa shape index (κ3) is 2.45. The molecule has 1 atom stereocenters. The maximum Gasteiger partial charge on any atom is 0.167 e. The van der Waals surface area contributed by atoms with Crippen LogP contribution in [0.4, 0.5) is 0 Å². The summed E-state index contributed by atoms with van der Waals surface area (Å²) in [5.41, 5.74) is 6.35. The van der Waals surface area contributed by atoms with Gasteiger partial charge in [0.2, 0.25) is 0 Å². The van der Waals surface area contributed by atoms with Gasteiger partial charge in [0.25, 0.3) is 0 Å². The first-order chi connectivity index (χ1) is 10.6. The zero-order valence-corrected chi connectivity index (χ0v) is 13.3. The molecule has 0 radical (unpaired) electrons. The number of rotatable bonds is 4. The van der Waals surface area contributed by atoms with Gasteiger partial charge in [-0.15, -0.1) is 0 Å². The van der Waals surface area contributed by atoms with Crippen LogP contribution in [0.5, 0.6) is 0 Å². The van der Waals surface area contributed by atoms with Gasteiger partial charge in [-0.3, -0.25) is 4.79 Å². The molecule has 0 saturated heterocycles. The van der Waals surface area contributed by atoms with E-state index in [1.165, 1.54) is 5.56 Å². The molecule has 0 spiro atoms. The van der Waals surface area contributed by atoms with Crippen LogP contribution in [0.2, 0.25) is 0 Å². The zero-order valence-electron chi connectivity index (χ0n) is 13.3. The van der Waals surface area contributed by atoms with Crippen molar-refractivity contribution in [2.24, 2.45) is 0 Å². The van der Waals surface area contributed by atoms with Crippen LogP contribution in [0.1, 0.15) is 47.8 Å². The summed E-state index contributed by atoms with van der Waals surface area (Å²) in [6.45, 7) is 6.47. The van der Waals surface area contributed by atoms with Crippen molar-refractivity contribution >= 4 is 11.8 Å². The second-order valence-corrected chi connectivity index (χ2v) is 5.99. The lowest BCUT2D eigenvalue weighted by Crippen LogP contribution is -1.94. The number of aldehydes is 1. The molecule has 0 N–H and O–H groups in total. The average Bonchev–Trinajstić information content (AvgIpc) is 2.91. The van der Waals surface area contributed by atoms with Crippen LogP contribution in [0, 0.1) is 6.92 Å². The molecule has 0 amide bonds. The van der Waals surface area contributed by atoms with Crippen molar-refractivity contribution in [1.29, 1.82) is 0 Å². The second kappa shape index (κ2) is 5.80. The summed E-state index contributed by atoms with van der Waals surface area (Å²) in [5, 5.41) is 0. The molecule has 22 heavy (non-hydrogen) atoms. The number of benzene rings is 1. The minimum atomic E-state index is 0.565. The Morgan fingerprint density at radius 1 is 1.14 bits per heavy atom. The number of aromatic nitrogens is 1. The summed E-state index contributed by atoms with van der Waals surface area (Å²) >= 11 is 0. The van der Waals surface area contributed by atoms with Crippen LogP contribution < -0.4 is 0 Å². The van der Waals surface area contributed by atoms with Crippen molar-refractivity contribution in [3.63, 3.8) is 0 Å². The van der Waals surface area contributed by atoms with Gasteiger partial charge in [0.1, 0.15) is 0 Å². The van der Waals surface area contributed by atoms with Crippen molar-refractivity contribution in [3.8, 4) is 11.1 Å². The molecule has 1 unspecified atom stereocenters. The molecule has 2 aromatic heterocycles. The second-order valence-electron chi connectivity index (χ2n) is 5.99. The Morgan fingerprint density at radius 3 is 2.50 bits per heavy atom. The van der Waals surface area contributed by atoms with E-state index in [1.54, 1.807) is 0 Å². The number of fused-ring (bicyclic) bond motifs is 1. The van der Waals surface area contributed by atoms with Crippen LogP contribution in [0.3, 0.4) is 0 Å². The Balaban J connectivity index is 2.11. The molecule has 0 fully saturated rings. The highest BCUT2D eigenvalue weighted by atomic mass is 16.1. The number of pyridine rings is 1. The van der Waals surface area contributed by atoms with E-state index < -0.39 is 0 Å². The Bertz CT molecular complexity index is 812. The summed E-state index contributed by atoms with van der Waals surface area (Å²) in [6.07, 6.45) is 4.09. The molecule has 1 aromatic carbocycles. The molecule has 0 aliphatic heterocycles. The monoisotopic (exact) mass is 291 g/mol. The first-order valence-electron chi connectivity index (χ1n) is 7.81. The molecule has 2 heteroatoms. The lowest BCUT2D eigenvalue weighted by atomic mass is 9.96. The fourth-order valence-electron chi connectivity index (χ4n) is 2.87. The average molecular weight is 291 g/mol. The smallest absolute Gasteiger partial charge is 0.167 e. The number of hydrogen-bond acceptors (Lipinski definition) is 1. The van der Waals surface area contributed by atoms with Crippen LogP contribution in [0.15, 0.2) is 48.7 Å². The van der Waals surface area contributed by atoms with Crippen molar-refractivity contribution in [2.75, 3.05) is 0 Å². The first-order valence-corrected chi connectivity index (χ1v) is 7.81.